The highest BCUT2D eigenvalue weighted by molar-refractivity contribution is 7.98. The Morgan fingerprint density at radius 1 is 1.88 bits per heavy atom. The van der Waals surface area contributed by atoms with E-state index in [2.05, 4.69) is 0 Å². The van der Waals surface area contributed by atoms with Crippen molar-refractivity contribution in [1.82, 2.24) is 0 Å². The molecule has 0 saturated carbocycles. The summed E-state index contributed by atoms with van der Waals surface area (Å²) in [6.07, 6.45) is 3.32. The van der Waals surface area contributed by atoms with Crippen LogP contribution in [-0.2, 0) is 4.79 Å². The Hall–Kier alpha value is -0.310. The van der Waals surface area contributed by atoms with Gasteiger partial charge in [0.15, 0.2) is 5.78 Å². The van der Waals surface area contributed by atoms with Crippen LogP contribution in [0.2, 0.25) is 0 Å². The lowest BCUT2D eigenvalue weighted by Crippen LogP contribution is -1.98. The maximum absolute atomic E-state index is 10.3. The van der Waals surface area contributed by atoms with E-state index in [1.165, 1.54) is 0 Å². The first-order valence-corrected chi connectivity index (χ1v) is 3.73. The third-order valence-corrected chi connectivity index (χ3v) is 1.33. The summed E-state index contributed by atoms with van der Waals surface area (Å²) in [5.74, 6) is 0.744. The highest BCUT2D eigenvalue weighted by atomic mass is 32.2. The van der Waals surface area contributed by atoms with Crippen LogP contribution < -0.4 is 0 Å². The van der Waals surface area contributed by atoms with Gasteiger partial charge >= 0.3 is 0 Å². The summed E-state index contributed by atoms with van der Waals surface area (Å²) in [7, 11) is 0. The molecule has 0 fully saturated rings. The van der Waals surface area contributed by atoms with Gasteiger partial charge in [-0.1, -0.05) is 0 Å². The second kappa shape index (κ2) is 4.84. The Morgan fingerprint density at radius 2 is 2.50 bits per heavy atom. The van der Waals surface area contributed by atoms with E-state index in [9.17, 15) is 4.79 Å². The quantitative estimate of drug-likeness (QED) is 0.577. The zero-order valence-electron chi connectivity index (χ0n) is 4.81. The molecule has 0 saturated heterocycles. The Bertz CT molecular complexity index is 92.4. The van der Waals surface area contributed by atoms with E-state index in [4.69, 9.17) is 5.41 Å². The van der Waals surface area contributed by atoms with Gasteiger partial charge < -0.3 is 5.41 Å². The van der Waals surface area contributed by atoms with Gasteiger partial charge in [-0.05, 0) is 6.26 Å². The first-order chi connectivity index (χ1) is 3.81. The summed E-state index contributed by atoms with van der Waals surface area (Å²) >= 11 is 1.62. The number of rotatable bonds is 4. The molecule has 0 bridgehead atoms. The van der Waals surface area contributed by atoms with Crippen LogP contribution in [0.3, 0.4) is 0 Å². The third-order valence-electron chi connectivity index (χ3n) is 0.714. The van der Waals surface area contributed by atoms with E-state index in [0.717, 1.165) is 12.0 Å². The number of thioether (sulfide) groups is 1. The van der Waals surface area contributed by atoms with Crippen molar-refractivity contribution in [2.45, 2.75) is 6.42 Å². The van der Waals surface area contributed by atoms with E-state index in [1.807, 2.05) is 6.26 Å². The van der Waals surface area contributed by atoms with Crippen LogP contribution in [0.1, 0.15) is 6.42 Å². The first-order valence-electron chi connectivity index (χ1n) is 2.33. The van der Waals surface area contributed by atoms with Crippen molar-refractivity contribution in [3.63, 3.8) is 0 Å². The molecule has 2 nitrogen and oxygen atoms in total. The standard InChI is InChI=1S/C5H9NOS/c1-8-3-2-5(7)4-6/h4,6H,2-3H2,1H3. The molecule has 0 aromatic heterocycles. The molecular weight excluding hydrogens is 122 g/mol. The smallest absolute Gasteiger partial charge is 0.173 e. The number of Topliss-reactive ketones (excluding diaryl/α,β-unsaturated/α-hetero) is 1. The molecule has 1 N–H and O–H groups in total. The molecule has 0 aliphatic rings. The van der Waals surface area contributed by atoms with Gasteiger partial charge in [0, 0.05) is 12.2 Å². The van der Waals surface area contributed by atoms with Gasteiger partial charge in [0.05, 0.1) is 6.21 Å². The molecule has 46 valence electrons. The molecular formula is C5H9NOS. The summed E-state index contributed by atoms with van der Waals surface area (Å²) in [5.41, 5.74) is 0. The molecule has 0 aliphatic carbocycles. The van der Waals surface area contributed by atoms with Gasteiger partial charge in [0.1, 0.15) is 0 Å². The summed E-state index contributed by atoms with van der Waals surface area (Å²) in [5, 5.41) is 6.50. The van der Waals surface area contributed by atoms with Crippen molar-refractivity contribution >= 4 is 23.8 Å². The first kappa shape index (κ1) is 7.69. The van der Waals surface area contributed by atoms with Crippen LogP contribution in [0.25, 0.3) is 0 Å². The number of carbonyl (C=O) groups excluding carboxylic acids is 1. The normalized spacial score (nSPS) is 8.62. The fourth-order valence-corrected chi connectivity index (χ4v) is 0.680. The Kier molecular flexibility index (Phi) is 4.65. The van der Waals surface area contributed by atoms with Crippen LogP contribution in [0.15, 0.2) is 0 Å². The van der Waals surface area contributed by atoms with Crippen molar-refractivity contribution in [2.75, 3.05) is 12.0 Å². The molecule has 0 atom stereocenters. The Balaban J connectivity index is 3.11. The van der Waals surface area contributed by atoms with E-state index in [0.29, 0.717) is 6.42 Å². The topological polar surface area (TPSA) is 40.9 Å². The van der Waals surface area contributed by atoms with Crippen molar-refractivity contribution < 1.29 is 4.79 Å². The summed E-state index contributed by atoms with van der Waals surface area (Å²) < 4.78 is 0. The van der Waals surface area contributed by atoms with Gasteiger partial charge in [-0.25, -0.2) is 0 Å². The largest absolute Gasteiger partial charge is 0.305 e. The maximum atomic E-state index is 10.3. The lowest BCUT2D eigenvalue weighted by Gasteiger charge is -1.87. The highest BCUT2D eigenvalue weighted by Gasteiger charge is 1.92. The van der Waals surface area contributed by atoms with Gasteiger partial charge in [0.25, 0.3) is 0 Å². The van der Waals surface area contributed by atoms with Crippen LogP contribution >= 0.6 is 11.8 Å². The number of ketones is 1. The summed E-state index contributed by atoms with van der Waals surface area (Å²) in [4.78, 5) is 10.3. The van der Waals surface area contributed by atoms with Crippen molar-refractivity contribution in [3.8, 4) is 0 Å². The average molecular weight is 131 g/mol. The fraction of sp³-hybridized carbons (Fsp3) is 0.600. The van der Waals surface area contributed by atoms with E-state index >= 15 is 0 Å². The van der Waals surface area contributed by atoms with E-state index < -0.39 is 0 Å². The molecule has 3 heteroatoms. The SMILES string of the molecule is CSCCC(=O)C=N. The molecule has 0 radical (unpaired) electrons. The predicted octanol–water partition coefficient (Wildman–Crippen LogP) is 0.958. The zero-order valence-corrected chi connectivity index (χ0v) is 5.62. The van der Waals surface area contributed by atoms with Crippen LogP contribution in [-0.4, -0.2) is 24.0 Å². The maximum Gasteiger partial charge on any atom is 0.173 e. The average Bonchev–Trinajstić information content (AvgIpc) is 1.83. The van der Waals surface area contributed by atoms with Gasteiger partial charge in [-0.2, -0.15) is 11.8 Å². The lowest BCUT2D eigenvalue weighted by atomic mass is 10.3. The van der Waals surface area contributed by atoms with Crippen LogP contribution in [0, 0.1) is 5.41 Å². The van der Waals surface area contributed by atoms with Gasteiger partial charge in [-0.15, -0.1) is 0 Å². The third kappa shape index (κ3) is 3.87. The Labute approximate surface area is 53.2 Å². The molecule has 0 rings (SSSR count). The van der Waals surface area contributed by atoms with Crippen LogP contribution in [0.5, 0.6) is 0 Å². The molecule has 0 aromatic rings. The Morgan fingerprint density at radius 3 is 2.88 bits per heavy atom. The number of nitrogens with one attached hydrogen (secondary N) is 1. The van der Waals surface area contributed by atoms with Gasteiger partial charge in [0.2, 0.25) is 0 Å². The van der Waals surface area contributed by atoms with Crippen LogP contribution in [0.4, 0.5) is 0 Å². The minimum absolute atomic E-state index is 0.0839. The summed E-state index contributed by atoms with van der Waals surface area (Å²) in [6, 6.07) is 0. The van der Waals surface area contributed by atoms with E-state index in [1.54, 1.807) is 11.8 Å². The zero-order chi connectivity index (χ0) is 6.41. The van der Waals surface area contributed by atoms with E-state index in [-0.39, 0.29) is 5.78 Å². The molecule has 0 amide bonds. The molecule has 0 aliphatic heterocycles. The molecule has 0 heterocycles. The summed E-state index contributed by atoms with van der Waals surface area (Å²) in [6.45, 7) is 0. The van der Waals surface area contributed by atoms with Gasteiger partial charge in [-0.3, -0.25) is 4.79 Å². The fourth-order valence-electron chi connectivity index (χ4n) is 0.275. The molecule has 0 spiro atoms. The minimum atomic E-state index is -0.0839. The second-order valence-electron chi connectivity index (χ2n) is 1.35. The molecule has 8 heavy (non-hydrogen) atoms. The highest BCUT2D eigenvalue weighted by Crippen LogP contribution is 1.93. The molecule has 0 unspecified atom stereocenters. The lowest BCUT2D eigenvalue weighted by molar-refractivity contribution is -0.112. The molecule has 0 aromatic carbocycles. The van der Waals surface area contributed by atoms with Crippen molar-refractivity contribution in [1.29, 1.82) is 5.41 Å². The van der Waals surface area contributed by atoms with Crippen molar-refractivity contribution in [3.05, 3.63) is 0 Å². The minimum Gasteiger partial charge on any atom is -0.305 e. The monoisotopic (exact) mass is 131 g/mol. The number of hydrogen-bond acceptors (Lipinski definition) is 3. The second-order valence-corrected chi connectivity index (χ2v) is 2.34. The number of carbonyl (C=O) groups is 1. The number of hydrogen-bond donors (Lipinski definition) is 1. The predicted molar refractivity (Wildman–Crippen MR) is 36.8 cm³/mol. The van der Waals surface area contributed by atoms with Crippen molar-refractivity contribution in [2.24, 2.45) is 0 Å².